The van der Waals surface area contributed by atoms with Crippen molar-refractivity contribution in [3.8, 4) is 11.3 Å². The van der Waals surface area contributed by atoms with Gasteiger partial charge in [-0.05, 0) is 12.5 Å². The van der Waals surface area contributed by atoms with Crippen molar-refractivity contribution in [3.63, 3.8) is 0 Å². The number of aromatic nitrogens is 1. The first-order valence-corrected chi connectivity index (χ1v) is 9.25. The van der Waals surface area contributed by atoms with Crippen LogP contribution in [0, 0.1) is 12.8 Å². The molecule has 1 fully saturated rings. The number of hydrogen-bond donors (Lipinski definition) is 1. The van der Waals surface area contributed by atoms with Crippen LogP contribution in [0.25, 0.3) is 11.3 Å². The third-order valence-corrected chi connectivity index (χ3v) is 4.91. The molecule has 0 radical (unpaired) electrons. The molecule has 1 atom stereocenters. The van der Waals surface area contributed by atoms with E-state index in [2.05, 4.69) is 10.5 Å². The summed E-state index contributed by atoms with van der Waals surface area (Å²) in [6.45, 7) is 2.93. The Labute approximate surface area is 163 Å². The Hall–Kier alpha value is -3.41. The van der Waals surface area contributed by atoms with Gasteiger partial charge in [0.25, 0.3) is 0 Å². The van der Waals surface area contributed by atoms with Gasteiger partial charge in [0.05, 0.1) is 5.92 Å². The normalized spacial score (nSPS) is 16.4. The van der Waals surface area contributed by atoms with Crippen LogP contribution >= 0.6 is 0 Å². The lowest BCUT2D eigenvalue weighted by Crippen LogP contribution is -2.27. The number of nitrogens with one attached hydrogen (secondary N) is 1. The molecule has 28 heavy (non-hydrogen) atoms. The number of nitrogens with zero attached hydrogens (tertiary/aromatic N) is 2. The highest BCUT2D eigenvalue weighted by Crippen LogP contribution is 2.25. The molecule has 1 unspecified atom stereocenters. The second kappa shape index (κ2) is 7.68. The molecule has 1 saturated heterocycles. The van der Waals surface area contributed by atoms with Crippen molar-refractivity contribution >= 4 is 17.7 Å². The zero-order valence-corrected chi connectivity index (χ0v) is 15.6. The van der Waals surface area contributed by atoms with Crippen molar-refractivity contribution < 1.29 is 14.1 Å². The molecular formula is C22H21N3O3. The number of likely N-dealkylation sites (tertiary alicyclic amines) is 1. The average molecular weight is 375 g/mol. The second-order valence-electron chi connectivity index (χ2n) is 7.09. The Balaban J connectivity index is 1.38. The van der Waals surface area contributed by atoms with Gasteiger partial charge < -0.3 is 9.42 Å². The van der Waals surface area contributed by atoms with E-state index in [1.165, 1.54) is 0 Å². The van der Waals surface area contributed by atoms with Crippen LogP contribution in [-0.2, 0) is 16.1 Å². The summed E-state index contributed by atoms with van der Waals surface area (Å²) in [6, 6.07) is 19.4. The fraction of sp³-hybridized carbons (Fsp3) is 0.227. The Morgan fingerprint density at radius 3 is 2.68 bits per heavy atom. The zero-order valence-electron chi connectivity index (χ0n) is 15.6. The fourth-order valence-electron chi connectivity index (χ4n) is 3.32. The third-order valence-electron chi connectivity index (χ3n) is 4.91. The van der Waals surface area contributed by atoms with Gasteiger partial charge in [0.2, 0.25) is 17.7 Å². The fourth-order valence-corrected chi connectivity index (χ4v) is 3.32. The number of amides is 2. The summed E-state index contributed by atoms with van der Waals surface area (Å²) >= 11 is 0. The number of anilines is 1. The lowest BCUT2D eigenvalue weighted by molar-refractivity contribution is -0.128. The largest absolute Gasteiger partial charge is 0.338 e. The molecule has 1 aliphatic heterocycles. The average Bonchev–Trinajstić information content (AvgIpc) is 3.30. The molecule has 1 aromatic heterocycles. The van der Waals surface area contributed by atoms with Crippen LogP contribution in [0.15, 0.2) is 65.2 Å². The summed E-state index contributed by atoms with van der Waals surface area (Å²) in [6.07, 6.45) is 0.206. The molecule has 142 valence electrons. The molecule has 2 aromatic carbocycles. The molecule has 1 aliphatic rings. The van der Waals surface area contributed by atoms with Gasteiger partial charge in [0, 0.05) is 31.1 Å². The van der Waals surface area contributed by atoms with Crippen molar-refractivity contribution in [1.82, 2.24) is 10.1 Å². The van der Waals surface area contributed by atoms with Crippen molar-refractivity contribution in [2.75, 3.05) is 11.9 Å². The highest BCUT2D eigenvalue weighted by atomic mass is 16.5. The van der Waals surface area contributed by atoms with E-state index >= 15 is 0 Å². The molecule has 6 heteroatoms. The smallest absolute Gasteiger partial charge is 0.232 e. The number of hydrogen-bond acceptors (Lipinski definition) is 4. The monoisotopic (exact) mass is 375 g/mol. The van der Waals surface area contributed by atoms with Crippen LogP contribution in [0.4, 0.5) is 5.88 Å². The van der Waals surface area contributed by atoms with E-state index in [1.807, 2.05) is 61.5 Å². The molecule has 2 amide bonds. The summed E-state index contributed by atoms with van der Waals surface area (Å²) in [5.41, 5.74) is 3.78. The lowest BCUT2D eigenvalue weighted by atomic mass is 10.1. The molecule has 2 heterocycles. The Morgan fingerprint density at radius 2 is 1.93 bits per heavy atom. The third kappa shape index (κ3) is 3.96. The van der Waals surface area contributed by atoms with Crippen LogP contribution in [0.1, 0.15) is 17.5 Å². The van der Waals surface area contributed by atoms with Gasteiger partial charge >= 0.3 is 0 Å². The van der Waals surface area contributed by atoms with Crippen LogP contribution < -0.4 is 5.32 Å². The Kier molecular flexibility index (Phi) is 4.93. The van der Waals surface area contributed by atoms with E-state index in [4.69, 9.17) is 4.52 Å². The Morgan fingerprint density at radius 1 is 1.18 bits per heavy atom. The minimum absolute atomic E-state index is 0.0121. The summed E-state index contributed by atoms with van der Waals surface area (Å²) in [5, 5.41) is 6.76. The maximum absolute atomic E-state index is 12.6. The molecule has 3 aromatic rings. The number of benzene rings is 2. The second-order valence-corrected chi connectivity index (χ2v) is 7.09. The quantitative estimate of drug-likeness (QED) is 0.739. The van der Waals surface area contributed by atoms with E-state index in [0.717, 1.165) is 16.7 Å². The molecule has 0 bridgehead atoms. The summed E-state index contributed by atoms with van der Waals surface area (Å²) in [7, 11) is 0. The zero-order chi connectivity index (χ0) is 19.5. The van der Waals surface area contributed by atoms with Gasteiger partial charge in [-0.25, -0.2) is 0 Å². The van der Waals surface area contributed by atoms with E-state index < -0.39 is 5.92 Å². The van der Waals surface area contributed by atoms with Crippen molar-refractivity contribution in [3.05, 3.63) is 71.8 Å². The molecule has 0 aliphatic carbocycles. The van der Waals surface area contributed by atoms with Crippen molar-refractivity contribution in [1.29, 1.82) is 0 Å². The van der Waals surface area contributed by atoms with E-state index in [-0.39, 0.29) is 24.1 Å². The maximum atomic E-state index is 12.6. The van der Waals surface area contributed by atoms with Gasteiger partial charge in [-0.1, -0.05) is 65.3 Å². The van der Waals surface area contributed by atoms with E-state index in [9.17, 15) is 9.59 Å². The van der Waals surface area contributed by atoms with Crippen molar-refractivity contribution in [2.45, 2.75) is 19.9 Å². The van der Waals surface area contributed by atoms with Crippen molar-refractivity contribution in [2.24, 2.45) is 5.92 Å². The predicted octanol–water partition coefficient (Wildman–Crippen LogP) is 3.64. The van der Waals surface area contributed by atoms with E-state index in [0.29, 0.717) is 18.8 Å². The standard InChI is InChI=1S/C22H21N3O3/c1-15-7-9-17(10-8-15)19-12-20(28-24-19)23-22(27)18-11-21(26)25(14-18)13-16-5-3-2-4-6-16/h2-10,12,18H,11,13-14H2,1H3,(H,23,27). The van der Waals surface area contributed by atoms with Crippen LogP contribution in [0.3, 0.4) is 0 Å². The number of aryl methyl sites for hydroxylation is 1. The van der Waals surface area contributed by atoms with Crippen LogP contribution in [-0.4, -0.2) is 28.4 Å². The van der Waals surface area contributed by atoms with Gasteiger partial charge in [0.1, 0.15) is 5.69 Å². The van der Waals surface area contributed by atoms with Gasteiger partial charge in [-0.15, -0.1) is 0 Å². The van der Waals surface area contributed by atoms with Gasteiger partial charge in [-0.2, -0.15) is 0 Å². The molecule has 4 rings (SSSR count). The highest BCUT2D eigenvalue weighted by molar-refractivity contribution is 5.96. The van der Waals surface area contributed by atoms with Gasteiger partial charge in [0.15, 0.2) is 0 Å². The maximum Gasteiger partial charge on any atom is 0.232 e. The molecule has 0 saturated carbocycles. The first-order chi connectivity index (χ1) is 13.6. The van der Waals surface area contributed by atoms with Gasteiger partial charge in [-0.3, -0.25) is 14.9 Å². The van der Waals surface area contributed by atoms with E-state index in [1.54, 1.807) is 11.0 Å². The topological polar surface area (TPSA) is 75.4 Å². The first kappa shape index (κ1) is 18.0. The number of carbonyl (C=O) groups excluding carboxylic acids is 2. The van der Waals surface area contributed by atoms with Crippen LogP contribution in [0.2, 0.25) is 0 Å². The Bertz CT molecular complexity index is 980. The molecular weight excluding hydrogens is 354 g/mol. The molecule has 1 N–H and O–H groups in total. The minimum atomic E-state index is -0.399. The summed E-state index contributed by atoms with van der Waals surface area (Å²) in [4.78, 5) is 26.6. The van der Waals surface area contributed by atoms with Crippen LogP contribution in [0.5, 0.6) is 0 Å². The number of rotatable bonds is 5. The SMILES string of the molecule is Cc1ccc(-c2cc(NC(=O)C3CC(=O)N(Cc4ccccc4)C3)on2)cc1. The minimum Gasteiger partial charge on any atom is -0.338 e. The summed E-state index contributed by atoms with van der Waals surface area (Å²) in [5.74, 6) is -0.351. The first-order valence-electron chi connectivity index (χ1n) is 9.25. The molecule has 0 spiro atoms. The molecule has 6 nitrogen and oxygen atoms in total. The summed E-state index contributed by atoms with van der Waals surface area (Å²) < 4.78 is 5.25. The number of carbonyl (C=O) groups is 2. The predicted molar refractivity (Wildman–Crippen MR) is 105 cm³/mol. The highest BCUT2D eigenvalue weighted by Gasteiger charge is 2.34. The lowest BCUT2D eigenvalue weighted by Gasteiger charge is -2.16.